The van der Waals surface area contributed by atoms with Crippen molar-refractivity contribution in [3.05, 3.63) is 20.8 Å². The Morgan fingerprint density at radius 2 is 2.26 bits per heavy atom. The van der Waals surface area contributed by atoms with E-state index in [1.54, 1.807) is 16.3 Å². The van der Waals surface area contributed by atoms with Crippen molar-refractivity contribution >= 4 is 33.0 Å². The van der Waals surface area contributed by atoms with Crippen molar-refractivity contribution < 1.29 is 18.0 Å². The average molecular weight is 356 g/mol. The van der Waals surface area contributed by atoms with Crippen LogP contribution in [0.25, 0.3) is 0 Å². The van der Waals surface area contributed by atoms with Gasteiger partial charge < -0.3 is 0 Å². The first-order chi connectivity index (χ1) is 8.88. The minimum Gasteiger partial charge on any atom is -0.295 e. The number of carbonyl (C=O) groups is 1. The van der Waals surface area contributed by atoms with E-state index in [0.717, 1.165) is 0 Å². The predicted molar refractivity (Wildman–Crippen MR) is 71.6 cm³/mol. The van der Waals surface area contributed by atoms with E-state index >= 15 is 0 Å². The van der Waals surface area contributed by atoms with E-state index in [4.69, 9.17) is 0 Å². The van der Waals surface area contributed by atoms with Crippen molar-refractivity contribution in [2.75, 3.05) is 19.6 Å². The smallest absolute Gasteiger partial charge is 0.295 e. The monoisotopic (exact) mass is 355 g/mol. The van der Waals surface area contributed by atoms with Crippen molar-refractivity contribution in [2.24, 2.45) is 5.92 Å². The van der Waals surface area contributed by atoms with Gasteiger partial charge in [0.1, 0.15) is 0 Å². The average Bonchev–Trinajstić information content (AvgIpc) is 2.75. The molecule has 0 saturated carbocycles. The second-order valence-corrected chi connectivity index (χ2v) is 6.41. The molecule has 7 heteroatoms. The highest BCUT2D eigenvalue weighted by molar-refractivity contribution is 9.10. The van der Waals surface area contributed by atoms with Crippen LogP contribution >= 0.6 is 27.3 Å². The third-order valence-electron chi connectivity index (χ3n) is 3.21. The fourth-order valence-corrected chi connectivity index (χ4v) is 3.76. The molecule has 0 N–H and O–H groups in total. The summed E-state index contributed by atoms with van der Waals surface area (Å²) < 4.78 is 38.7. The second-order valence-electron chi connectivity index (χ2n) is 4.64. The lowest BCUT2D eigenvalue weighted by molar-refractivity contribution is -0.186. The number of likely N-dealkylation sites (tertiary alicyclic amines) is 1. The number of piperidine rings is 1. The van der Waals surface area contributed by atoms with Gasteiger partial charge in [0.05, 0.1) is 17.3 Å². The number of hydrogen-bond acceptors (Lipinski definition) is 3. The highest BCUT2D eigenvalue weighted by atomic mass is 79.9. The van der Waals surface area contributed by atoms with E-state index in [2.05, 4.69) is 15.9 Å². The lowest BCUT2D eigenvalue weighted by Gasteiger charge is -2.33. The topological polar surface area (TPSA) is 20.3 Å². The zero-order chi connectivity index (χ0) is 14.0. The van der Waals surface area contributed by atoms with Crippen LogP contribution in [0.2, 0.25) is 0 Å². The van der Waals surface area contributed by atoms with Crippen LogP contribution < -0.4 is 0 Å². The van der Waals surface area contributed by atoms with Crippen LogP contribution in [0.3, 0.4) is 0 Å². The predicted octanol–water partition coefficient (Wildman–Crippen LogP) is 3.97. The van der Waals surface area contributed by atoms with Gasteiger partial charge in [-0.05, 0) is 46.8 Å². The summed E-state index contributed by atoms with van der Waals surface area (Å²) in [6, 6.07) is 1.77. The van der Waals surface area contributed by atoms with Gasteiger partial charge in [-0.2, -0.15) is 13.2 Å². The standard InChI is InChI=1S/C12H13BrF3NOS/c13-9-3-5-19-11(9)10(18)7-17-4-1-2-8(6-17)12(14,15)16/h3,5,8H,1-2,4,6-7H2. The number of thiophene rings is 1. The van der Waals surface area contributed by atoms with Crippen molar-refractivity contribution in [1.82, 2.24) is 4.90 Å². The van der Waals surface area contributed by atoms with Gasteiger partial charge in [-0.15, -0.1) is 11.3 Å². The fraction of sp³-hybridized carbons (Fsp3) is 0.583. The van der Waals surface area contributed by atoms with E-state index in [9.17, 15) is 18.0 Å². The van der Waals surface area contributed by atoms with E-state index in [1.165, 1.54) is 11.3 Å². The van der Waals surface area contributed by atoms with Gasteiger partial charge in [-0.1, -0.05) is 0 Å². The Bertz CT molecular complexity index is 460. The van der Waals surface area contributed by atoms with Gasteiger partial charge in [0.25, 0.3) is 0 Å². The molecule has 0 bridgehead atoms. The van der Waals surface area contributed by atoms with Crippen molar-refractivity contribution in [2.45, 2.75) is 19.0 Å². The molecule has 1 aromatic rings. The Labute approximate surface area is 121 Å². The normalized spacial score (nSPS) is 21.6. The largest absolute Gasteiger partial charge is 0.393 e. The second kappa shape index (κ2) is 5.93. The lowest BCUT2D eigenvalue weighted by Crippen LogP contribution is -2.43. The number of Topliss-reactive ketones (excluding diaryl/α,β-unsaturated/α-hetero) is 1. The molecule has 1 aliphatic rings. The Morgan fingerprint density at radius 3 is 2.84 bits per heavy atom. The molecule has 1 atom stereocenters. The summed E-state index contributed by atoms with van der Waals surface area (Å²) in [7, 11) is 0. The Kier molecular flexibility index (Phi) is 4.68. The highest BCUT2D eigenvalue weighted by Gasteiger charge is 2.41. The van der Waals surface area contributed by atoms with Crippen LogP contribution in [0.1, 0.15) is 22.5 Å². The molecule has 0 aromatic carbocycles. The lowest BCUT2D eigenvalue weighted by atomic mass is 9.97. The maximum absolute atomic E-state index is 12.7. The maximum atomic E-state index is 12.7. The van der Waals surface area contributed by atoms with Crippen molar-refractivity contribution in [1.29, 1.82) is 0 Å². The van der Waals surface area contributed by atoms with Crippen LogP contribution in [0.5, 0.6) is 0 Å². The number of carbonyl (C=O) groups excluding carboxylic acids is 1. The third kappa shape index (κ3) is 3.79. The summed E-state index contributed by atoms with van der Waals surface area (Å²) in [5.41, 5.74) is 0. The Hall–Kier alpha value is -0.400. The number of alkyl halides is 3. The van der Waals surface area contributed by atoms with Crippen molar-refractivity contribution in [3.63, 3.8) is 0 Å². The van der Waals surface area contributed by atoms with E-state index in [1.807, 2.05) is 0 Å². The minimum atomic E-state index is -4.16. The number of hydrogen-bond donors (Lipinski definition) is 0. The fourth-order valence-electron chi connectivity index (χ4n) is 2.23. The molecule has 0 spiro atoms. The molecule has 106 valence electrons. The first kappa shape index (κ1) is 15.0. The summed E-state index contributed by atoms with van der Waals surface area (Å²) in [6.45, 7) is 0.547. The quantitative estimate of drug-likeness (QED) is 0.764. The molecule has 1 unspecified atom stereocenters. The Morgan fingerprint density at radius 1 is 1.53 bits per heavy atom. The van der Waals surface area contributed by atoms with Gasteiger partial charge in [0, 0.05) is 11.0 Å². The van der Waals surface area contributed by atoms with E-state index in [-0.39, 0.29) is 25.3 Å². The van der Waals surface area contributed by atoms with Crippen LogP contribution in [0.4, 0.5) is 13.2 Å². The van der Waals surface area contributed by atoms with Crippen LogP contribution in [-0.2, 0) is 0 Å². The molecule has 1 aliphatic heterocycles. The summed E-state index contributed by atoms with van der Waals surface area (Å²) in [5, 5.41) is 1.78. The molecule has 0 amide bonds. The molecule has 2 rings (SSSR count). The minimum absolute atomic E-state index is 0.0612. The van der Waals surface area contributed by atoms with E-state index < -0.39 is 12.1 Å². The molecule has 19 heavy (non-hydrogen) atoms. The summed E-state index contributed by atoms with van der Waals surface area (Å²) in [4.78, 5) is 14.2. The summed E-state index contributed by atoms with van der Waals surface area (Å²) >= 11 is 4.57. The molecule has 0 radical (unpaired) electrons. The zero-order valence-corrected chi connectivity index (χ0v) is 12.4. The van der Waals surface area contributed by atoms with E-state index in [0.29, 0.717) is 22.3 Å². The summed E-state index contributed by atoms with van der Waals surface area (Å²) in [6.07, 6.45) is -3.51. The SMILES string of the molecule is O=C(CN1CCCC(C(F)(F)F)C1)c1sccc1Br. The van der Waals surface area contributed by atoms with Gasteiger partial charge in [-0.3, -0.25) is 9.69 Å². The first-order valence-electron chi connectivity index (χ1n) is 5.93. The molecule has 2 heterocycles. The Balaban J connectivity index is 1.96. The zero-order valence-electron chi connectivity index (χ0n) is 10.0. The number of nitrogens with zero attached hydrogens (tertiary/aromatic N) is 1. The van der Waals surface area contributed by atoms with Gasteiger partial charge >= 0.3 is 6.18 Å². The number of ketones is 1. The van der Waals surface area contributed by atoms with Crippen LogP contribution in [-0.4, -0.2) is 36.5 Å². The molecule has 1 fully saturated rings. The molecule has 1 saturated heterocycles. The van der Waals surface area contributed by atoms with Crippen LogP contribution in [0, 0.1) is 5.92 Å². The molecular weight excluding hydrogens is 343 g/mol. The van der Waals surface area contributed by atoms with Gasteiger partial charge in [-0.25, -0.2) is 0 Å². The van der Waals surface area contributed by atoms with Gasteiger partial charge in [0.2, 0.25) is 0 Å². The molecular formula is C12H13BrF3NOS. The first-order valence-corrected chi connectivity index (χ1v) is 7.60. The maximum Gasteiger partial charge on any atom is 0.393 e. The third-order valence-corrected chi connectivity index (χ3v) is 5.08. The molecule has 1 aromatic heterocycles. The summed E-state index contributed by atoms with van der Waals surface area (Å²) in [5.74, 6) is -1.43. The number of halogens is 4. The van der Waals surface area contributed by atoms with Crippen molar-refractivity contribution in [3.8, 4) is 0 Å². The highest BCUT2D eigenvalue weighted by Crippen LogP contribution is 2.33. The molecule has 2 nitrogen and oxygen atoms in total. The molecule has 0 aliphatic carbocycles. The number of rotatable bonds is 3. The van der Waals surface area contributed by atoms with Gasteiger partial charge in [0.15, 0.2) is 5.78 Å². The van der Waals surface area contributed by atoms with Crippen LogP contribution in [0.15, 0.2) is 15.9 Å².